The van der Waals surface area contributed by atoms with Crippen LogP contribution in [-0.2, 0) is 0 Å². The molecule has 0 aliphatic carbocycles. The molecule has 1 aromatic carbocycles. The van der Waals surface area contributed by atoms with Crippen LogP contribution in [0.4, 0.5) is 0 Å². The minimum Gasteiger partial charge on any atom is -0.489 e. The molecule has 0 aromatic heterocycles. The first kappa shape index (κ1) is 14.3. The molecule has 17 heavy (non-hydrogen) atoms. The summed E-state index contributed by atoms with van der Waals surface area (Å²) in [4.78, 5) is 0. The highest BCUT2D eigenvalue weighted by Gasteiger charge is 2.16. The summed E-state index contributed by atoms with van der Waals surface area (Å²) in [5.41, 5.74) is 0.848. The molecule has 1 N–H and O–H groups in total. The Morgan fingerprint density at radius 2 is 1.94 bits per heavy atom. The quantitative estimate of drug-likeness (QED) is 0.855. The summed E-state index contributed by atoms with van der Waals surface area (Å²) in [7, 11) is 0. The number of benzene rings is 1. The van der Waals surface area contributed by atoms with Crippen LogP contribution in [0.3, 0.4) is 0 Å². The molecule has 1 rings (SSSR count). The van der Waals surface area contributed by atoms with Gasteiger partial charge in [0.1, 0.15) is 5.75 Å². The minimum absolute atomic E-state index is 0.0952. The average molecular weight is 257 g/mol. The van der Waals surface area contributed by atoms with Gasteiger partial charge in [0.05, 0.1) is 17.2 Å². The highest BCUT2D eigenvalue weighted by atomic mass is 35.5. The topological polar surface area (TPSA) is 29.5 Å². The zero-order chi connectivity index (χ0) is 13.0. The lowest BCUT2D eigenvalue weighted by Gasteiger charge is -2.19. The fourth-order valence-corrected chi connectivity index (χ4v) is 1.84. The summed E-state index contributed by atoms with van der Waals surface area (Å²) in [6.45, 7) is 8.00. The van der Waals surface area contributed by atoms with E-state index in [-0.39, 0.29) is 12.0 Å². The zero-order valence-electron chi connectivity index (χ0n) is 10.9. The molecule has 0 heterocycles. The van der Waals surface area contributed by atoms with Crippen molar-refractivity contribution < 1.29 is 9.84 Å². The van der Waals surface area contributed by atoms with Crippen LogP contribution in [0.1, 0.15) is 45.8 Å². The summed E-state index contributed by atoms with van der Waals surface area (Å²) in [6, 6.07) is 5.49. The monoisotopic (exact) mass is 256 g/mol. The normalized spacial score (nSPS) is 14.8. The van der Waals surface area contributed by atoms with Gasteiger partial charge in [0.15, 0.2) is 0 Å². The van der Waals surface area contributed by atoms with Crippen LogP contribution in [0.15, 0.2) is 18.2 Å². The second kappa shape index (κ2) is 6.27. The van der Waals surface area contributed by atoms with Crippen molar-refractivity contribution in [2.75, 3.05) is 0 Å². The molecule has 0 aliphatic rings. The van der Waals surface area contributed by atoms with Gasteiger partial charge in [-0.15, -0.1) is 0 Å². The van der Waals surface area contributed by atoms with E-state index in [0.717, 1.165) is 12.0 Å². The average Bonchev–Trinajstić information content (AvgIpc) is 2.29. The SMILES string of the molecule is CC[C@@H](C)C(O)c1ccc(OC(C)C)c(Cl)c1. The first-order valence-electron chi connectivity index (χ1n) is 6.09. The van der Waals surface area contributed by atoms with Crippen molar-refractivity contribution in [2.24, 2.45) is 5.92 Å². The predicted molar refractivity (Wildman–Crippen MR) is 71.6 cm³/mol. The number of hydrogen-bond donors (Lipinski definition) is 1. The van der Waals surface area contributed by atoms with Crippen molar-refractivity contribution in [1.82, 2.24) is 0 Å². The maximum atomic E-state index is 10.1. The van der Waals surface area contributed by atoms with Crippen molar-refractivity contribution in [2.45, 2.75) is 46.3 Å². The molecular weight excluding hydrogens is 236 g/mol. The van der Waals surface area contributed by atoms with Crippen molar-refractivity contribution >= 4 is 11.6 Å². The molecule has 0 fully saturated rings. The Hall–Kier alpha value is -0.730. The van der Waals surface area contributed by atoms with Gasteiger partial charge < -0.3 is 9.84 Å². The van der Waals surface area contributed by atoms with Crippen LogP contribution in [-0.4, -0.2) is 11.2 Å². The Labute approximate surface area is 109 Å². The fraction of sp³-hybridized carbons (Fsp3) is 0.571. The summed E-state index contributed by atoms with van der Waals surface area (Å²) in [5.74, 6) is 0.893. The molecule has 0 radical (unpaired) electrons. The van der Waals surface area contributed by atoms with Crippen LogP contribution in [0.2, 0.25) is 5.02 Å². The Morgan fingerprint density at radius 3 is 2.41 bits per heavy atom. The van der Waals surface area contributed by atoms with E-state index in [0.29, 0.717) is 10.8 Å². The maximum absolute atomic E-state index is 10.1. The van der Waals surface area contributed by atoms with Crippen LogP contribution in [0.5, 0.6) is 5.75 Å². The van der Waals surface area contributed by atoms with Crippen LogP contribution >= 0.6 is 11.6 Å². The molecule has 0 spiro atoms. The third-order valence-electron chi connectivity index (χ3n) is 2.84. The van der Waals surface area contributed by atoms with E-state index in [1.807, 2.05) is 32.9 Å². The molecule has 1 unspecified atom stereocenters. The maximum Gasteiger partial charge on any atom is 0.138 e. The number of aliphatic hydroxyl groups excluding tert-OH is 1. The molecule has 0 saturated carbocycles. The number of aliphatic hydroxyl groups is 1. The Kier molecular flexibility index (Phi) is 5.29. The lowest BCUT2D eigenvalue weighted by Crippen LogP contribution is -2.09. The molecule has 0 saturated heterocycles. The van der Waals surface area contributed by atoms with Crippen LogP contribution in [0, 0.1) is 5.92 Å². The van der Waals surface area contributed by atoms with Crippen LogP contribution in [0.25, 0.3) is 0 Å². The van der Waals surface area contributed by atoms with E-state index in [2.05, 4.69) is 6.92 Å². The summed E-state index contributed by atoms with van der Waals surface area (Å²) < 4.78 is 5.55. The minimum atomic E-state index is -0.467. The Morgan fingerprint density at radius 1 is 1.29 bits per heavy atom. The third-order valence-corrected chi connectivity index (χ3v) is 3.14. The summed E-state index contributed by atoms with van der Waals surface area (Å²) >= 11 is 6.13. The van der Waals surface area contributed by atoms with Gasteiger partial charge in [-0.3, -0.25) is 0 Å². The molecular formula is C14H21ClO2. The van der Waals surface area contributed by atoms with Gasteiger partial charge in [0.2, 0.25) is 0 Å². The van der Waals surface area contributed by atoms with Gasteiger partial charge in [-0.1, -0.05) is 37.9 Å². The van der Waals surface area contributed by atoms with E-state index < -0.39 is 6.10 Å². The van der Waals surface area contributed by atoms with Crippen LogP contribution < -0.4 is 4.74 Å². The van der Waals surface area contributed by atoms with E-state index in [9.17, 15) is 5.11 Å². The first-order chi connectivity index (χ1) is 7.95. The number of halogens is 1. The number of hydrogen-bond acceptors (Lipinski definition) is 2. The predicted octanol–water partition coefficient (Wildman–Crippen LogP) is 4.21. The molecule has 0 bridgehead atoms. The van der Waals surface area contributed by atoms with Gasteiger partial charge in [0, 0.05) is 0 Å². The van der Waals surface area contributed by atoms with Gasteiger partial charge in [-0.05, 0) is 37.5 Å². The van der Waals surface area contributed by atoms with Gasteiger partial charge >= 0.3 is 0 Å². The standard InChI is InChI=1S/C14H21ClO2/c1-5-10(4)14(16)11-6-7-13(12(15)8-11)17-9(2)3/h6-10,14,16H,5H2,1-4H3/t10-,14?/m1/s1. The summed E-state index contributed by atoms with van der Waals surface area (Å²) in [5, 5.41) is 10.6. The van der Waals surface area contributed by atoms with Crippen molar-refractivity contribution in [3.05, 3.63) is 28.8 Å². The highest BCUT2D eigenvalue weighted by Crippen LogP contribution is 2.31. The second-order valence-electron chi connectivity index (χ2n) is 4.69. The first-order valence-corrected chi connectivity index (χ1v) is 6.47. The van der Waals surface area contributed by atoms with Crippen molar-refractivity contribution in [3.63, 3.8) is 0 Å². The highest BCUT2D eigenvalue weighted by molar-refractivity contribution is 6.32. The molecule has 2 nitrogen and oxygen atoms in total. The van der Waals surface area contributed by atoms with E-state index >= 15 is 0 Å². The van der Waals surface area contributed by atoms with E-state index in [1.54, 1.807) is 6.07 Å². The third kappa shape index (κ3) is 3.90. The fourth-order valence-electron chi connectivity index (χ4n) is 1.60. The molecule has 0 aliphatic heterocycles. The smallest absolute Gasteiger partial charge is 0.138 e. The molecule has 1 aromatic rings. The van der Waals surface area contributed by atoms with Gasteiger partial charge in [-0.2, -0.15) is 0 Å². The zero-order valence-corrected chi connectivity index (χ0v) is 11.7. The number of rotatable bonds is 5. The van der Waals surface area contributed by atoms with Gasteiger partial charge in [-0.25, -0.2) is 0 Å². The molecule has 2 atom stereocenters. The van der Waals surface area contributed by atoms with Gasteiger partial charge in [0.25, 0.3) is 0 Å². The Bertz CT molecular complexity index is 363. The molecule has 96 valence electrons. The Balaban J connectivity index is 2.88. The molecule has 3 heteroatoms. The lowest BCUT2D eigenvalue weighted by atomic mass is 9.95. The van der Waals surface area contributed by atoms with Crippen molar-refractivity contribution in [1.29, 1.82) is 0 Å². The number of ether oxygens (including phenoxy) is 1. The van der Waals surface area contributed by atoms with E-state index in [4.69, 9.17) is 16.3 Å². The second-order valence-corrected chi connectivity index (χ2v) is 5.09. The van der Waals surface area contributed by atoms with Crippen molar-refractivity contribution in [3.8, 4) is 5.75 Å². The van der Waals surface area contributed by atoms with E-state index in [1.165, 1.54) is 0 Å². The summed E-state index contributed by atoms with van der Waals surface area (Å²) in [6.07, 6.45) is 0.562. The largest absolute Gasteiger partial charge is 0.489 e. The molecule has 0 amide bonds. The lowest BCUT2D eigenvalue weighted by molar-refractivity contribution is 0.115.